The van der Waals surface area contributed by atoms with Gasteiger partial charge in [0.25, 0.3) is 5.91 Å². The van der Waals surface area contributed by atoms with Gasteiger partial charge in [-0.1, -0.05) is 0 Å². The molecule has 8 heteroatoms. The topological polar surface area (TPSA) is 81.8 Å². The second-order valence-corrected chi connectivity index (χ2v) is 6.95. The molecule has 1 fully saturated rings. The van der Waals surface area contributed by atoms with E-state index >= 15 is 0 Å². The third kappa shape index (κ3) is 3.69. The summed E-state index contributed by atoms with van der Waals surface area (Å²) in [6, 6.07) is 0.496. The molecule has 0 saturated carbocycles. The average molecular weight is 349 g/mol. The van der Waals surface area contributed by atoms with E-state index in [9.17, 15) is 9.59 Å². The number of aromatic nitrogens is 2. The van der Waals surface area contributed by atoms with Crippen molar-refractivity contribution in [2.24, 2.45) is 0 Å². The van der Waals surface area contributed by atoms with Crippen molar-refractivity contribution in [3.8, 4) is 0 Å². The summed E-state index contributed by atoms with van der Waals surface area (Å²) in [5.74, 6) is -0.0970. The first kappa shape index (κ1) is 17.9. The van der Waals surface area contributed by atoms with Crippen LogP contribution in [0.1, 0.15) is 35.6 Å². The molecule has 3 rings (SSSR count). The highest BCUT2D eigenvalue weighted by atomic mass is 16.5. The lowest BCUT2D eigenvalue weighted by atomic mass is 10.0. The Morgan fingerprint density at radius 3 is 2.52 bits per heavy atom. The largest absolute Gasteiger partial charge is 0.375 e. The summed E-state index contributed by atoms with van der Waals surface area (Å²) in [4.78, 5) is 31.0. The van der Waals surface area contributed by atoms with Crippen LogP contribution >= 0.6 is 0 Å². The van der Waals surface area contributed by atoms with Crippen LogP contribution in [0, 0.1) is 0 Å². The molecule has 2 aliphatic rings. The molecule has 1 aromatic heterocycles. The van der Waals surface area contributed by atoms with Gasteiger partial charge in [0.05, 0.1) is 0 Å². The van der Waals surface area contributed by atoms with E-state index in [1.165, 1.54) is 7.11 Å². The molecule has 0 radical (unpaired) electrons. The molecule has 1 saturated heterocycles. The Kier molecular flexibility index (Phi) is 5.39. The highest BCUT2D eigenvalue weighted by Crippen LogP contribution is 2.22. The van der Waals surface area contributed by atoms with Gasteiger partial charge in [-0.2, -0.15) is 5.10 Å². The number of hydrogen-bond donors (Lipinski definition) is 1. The zero-order valence-corrected chi connectivity index (χ0v) is 15.2. The van der Waals surface area contributed by atoms with Gasteiger partial charge in [-0.15, -0.1) is 0 Å². The molecule has 3 heterocycles. The summed E-state index contributed by atoms with van der Waals surface area (Å²) in [5, 5.41) is 7.26. The zero-order valence-electron chi connectivity index (χ0n) is 15.2. The standard InChI is InChI=1S/C17H27N5O3/c1-12(2)20-6-8-21(9-7-20)17(24)16-13-10-22(15(23)11-25-3)5-4-14(13)18-19-16/h12H,4-11H2,1-3H3,(H,18,19). The number of carbonyl (C=O) groups excluding carboxylic acids is 2. The van der Waals surface area contributed by atoms with E-state index in [-0.39, 0.29) is 18.4 Å². The highest BCUT2D eigenvalue weighted by molar-refractivity contribution is 5.94. The minimum atomic E-state index is -0.0571. The molecule has 25 heavy (non-hydrogen) atoms. The average Bonchev–Trinajstić information content (AvgIpc) is 3.04. The Morgan fingerprint density at radius 2 is 1.88 bits per heavy atom. The van der Waals surface area contributed by atoms with Crippen LogP contribution in [0.15, 0.2) is 0 Å². The lowest BCUT2D eigenvalue weighted by molar-refractivity contribution is -0.136. The molecule has 1 aromatic rings. The molecule has 8 nitrogen and oxygen atoms in total. The van der Waals surface area contributed by atoms with Crippen molar-refractivity contribution in [2.45, 2.75) is 32.9 Å². The number of carbonyl (C=O) groups is 2. The van der Waals surface area contributed by atoms with E-state index in [1.54, 1.807) is 4.90 Å². The fourth-order valence-electron chi connectivity index (χ4n) is 3.49. The maximum Gasteiger partial charge on any atom is 0.274 e. The maximum atomic E-state index is 12.9. The van der Waals surface area contributed by atoms with E-state index in [4.69, 9.17) is 4.74 Å². The predicted molar refractivity (Wildman–Crippen MR) is 92.2 cm³/mol. The van der Waals surface area contributed by atoms with Gasteiger partial charge in [-0.3, -0.25) is 19.6 Å². The number of ether oxygens (including phenoxy) is 1. The molecule has 0 atom stereocenters. The highest BCUT2D eigenvalue weighted by Gasteiger charge is 2.31. The number of nitrogens with one attached hydrogen (secondary N) is 1. The van der Waals surface area contributed by atoms with Crippen LogP contribution in [-0.4, -0.2) is 89.2 Å². The maximum absolute atomic E-state index is 12.9. The Balaban J connectivity index is 1.69. The number of hydrogen-bond acceptors (Lipinski definition) is 5. The molecule has 2 amide bonds. The van der Waals surface area contributed by atoms with Crippen molar-refractivity contribution >= 4 is 11.8 Å². The van der Waals surface area contributed by atoms with E-state index in [1.807, 2.05) is 4.90 Å². The van der Waals surface area contributed by atoms with Crippen LogP contribution in [0.2, 0.25) is 0 Å². The Morgan fingerprint density at radius 1 is 1.16 bits per heavy atom. The summed E-state index contributed by atoms with van der Waals surface area (Å²) >= 11 is 0. The van der Waals surface area contributed by atoms with Crippen LogP contribution in [0.25, 0.3) is 0 Å². The van der Waals surface area contributed by atoms with Crippen molar-refractivity contribution < 1.29 is 14.3 Å². The first-order chi connectivity index (χ1) is 12.0. The minimum Gasteiger partial charge on any atom is -0.375 e. The molecule has 0 bridgehead atoms. The van der Waals surface area contributed by atoms with Crippen LogP contribution in [0.5, 0.6) is 0 Å². The van der Waals surface area contributed by atoms with Crippen LogP contribution in [-0.2, 0) is 22.5 Å². The fourth-order valence-corrected chi connectivity index (χ4v) is 3.49. The third-order valence-electron chi connectivity index (χ3n) is 5.09. The predicted octanol–water partition coefficient (Wildman–Crippen LogP) is 0.107. The van der Waals surface area contributed by atoms with E-state index in [2.05, 4.69) is 28.9 Å². The van der Waals surface area contributed by atoms with Gasteiger partial charge >= 0.3 is 0 Å². The number of aromatic amines is 1. The van der Waals surface area contributed by atoms with Gasteiger partial charge in [0.15, 0.2) is 5.69 Å². The second-order valence-electron chi connectivity index (χ2n) is 6.95. The number of nitrogens with zero attached hydrogens (tertiary/aromatic N) is 4. The SMILES string of the molecule is COCC(=O)N1CCc2[nH]nc(C(=O)N3CCN(C(C)C)CC3)c2C1. The monoisotopic (exact) mass is 349 g/mol. The molecular weight excluding hydrogens is 322 g/mol. The second kappa shape index (κ2) is 7.53. The van der Waals surface area contributed by atoms with Gasteiger partial charge in [-0.05, 0) is 13.8 Å². The van der Waals surface area contributed by atoms with Gasteiger partial charge in [0.2, 0.25) is 5.91 Å². The van der Waals surface area contributed by atoms with Crippen molar-refractivity contribution in [2.75, 3.05) is 46.4 Å². The van der Waals surface area contributed by atoms with Gasteiger partial charge in [0.1, 0.15) is 6.61 Å². The Labute approximate surface area is 148 Å². The smallest absolute Gasteiger partial charge is 0.274 e. The Hall–Kier alpha value is -1.93. The van der Waals surface area contributed by atoms with Gasteiger partial charge in [0, 0.05) is 70.1 Å². The third-order valence-corrected chi connectivity index (χ3v) is 5.09. The summed E-state index contributed by atoms with van der Waals surface area (Å²) in [6.07, 6.45) is 0.687. The number of piperazine rings is 1. The molecular formula is C17H27N5O3. The van der Waals surface area contributed by atoms with Crippen molar-refractivity contribution in [1.29, 1.82) is 0 Å². The van der Waals surface area contributed by atoms with E-state index in [0.717, 1.165) is 24.3 Å². The molecule has 138 valence electrons. The summed E-state index contributed by atoms with van der Waals surface area (Å²) in [6.45, 7) is 8.64. The normalized spacial score (nSPS) is 18.6. The zero-order chi connectivity index (χ0) is 18.0. The lowest BCUT2D eigenvalue weighted by Gasteiger charge is -2.36. The summed E-state index contributed by atoms with van der Waals surface area (Å²) in [5.41, 5.74) is 2.28. The van der Waals surface area contributed by atoms with Crippen LogP contribution in [0.4, 0.5) is 0 Å². The van der Waals surface area contributed by atoms with E-state index < -0.39 is 0 Å². The molecule has 1 N–H and O–H groups in total. The van der Waals surface area contributed by atoms with Crippen molar-refractivity contribution in [3.05, 3.63) is 17.0 Å². The van der Waals surface area contributed by atoms with Crippen molar-refractivity contribution in [3.63, 3.8) is 0 Å². The number of H-pyrrole nitrogens is 1. The fraction of sp³-hybridized carbons (Fsp3) is 0.706. The first-order valence-electron chi connectivity index (χ1n) is 8.87. The van der Waals surface area contributed by atoms with Crippen LogP contribution < -0.4 is 0 Å². The summed E-state index contributed by atoms with van der Waals surface area (Å²) in [7, 11) is 1.51. The first-order valence-corrected chi connectivity index (χ1v) is 8.87. The van der Waals surface area contributed by atoms with Gasteiger partial charge in [-0.25, -0.2) is 0 Å². The number of amides is 2. The Bertz CT molecular complexity index is 634. The lowest BCUT2D eigenvalue weighted by Crippen LogP contribution is -2.51. The minimum absolute atomic E-state index is 0.0399. The number of methoxy groups -OCH3 is 1. The molecule has 0 aromatic carbocycles. The van der Waals surface area contributed by atoms with Gasteiger partial charge < -0.3 is 14.5 Å². The number of fused-ring (bicyclic) bond motifs is 1. The molecule has 2 aliphatic heterocycles. The molecule has 0 unspecified atom stereocenters. The molecule has 0 spiro atoms. The quantitative estimate of drug-likeness (QED) is 0.834. The summed E-state index contributed by atoms with van der Waals surface area (Å²) < 4.78 is 4.93. The van der Waals surface area contributed by atoms with Crippen molar-refractivity contribution in [1.82, 2.24) is 24.9 Å². The molecule has 0 aliphatic carbocycles. The number of rotatable bonds is 4. The van der Waals surface area contributed by atoms with E-state index in [0.29, 0.717) is 44.3 Å². The van der Waals surface area contributed by atoms with Crippen LogP contribution in [0.3, 0.4) is 0 Å².